The largest absolute Gasteiger partial charge is 0.381 e. The van der Waals surface area contributed by atoms with E-state index in [9.17, 15) is 0 Å². The summed E-state index contributed by atoms with van der Waals surface area (Å²) < 4.78 is 5.35. The van der Waals surface area contributed by atoms with E-state index in [1.54, 1.807) is 0 Å². The topological polar surface area (TPSA) is 47.3 Å². The second-order valence-corrected chi connectivity index (χ2v) is 5.40. The summed E-state index contributed by atoms with van der Waals surface area (Å²) >= 11 is 0. The highest BCUT2D eigenvalue weighted by Gasteiger charge is 2.15. The van der Waals surface area contributed by atoms with Crippen LogP contribution in [0.25, 0.3) is 0 Å². The van der Waals surface area contributed by atoms with Crippen molar-refractivity contribution in [1.82, 2.24) is 5.32 Å². The Kier molecular flexibility index (Phi) is 7.01. The van der Waals surface area contributed by atoms with Gasteiger partial charge in [0.25, 0.3) is 0 Å². The van der Waals surface area contributed by atoms with Crippen LogP contribution in [0.4, 0.5) is 0 Å². The van der Waals surface area contributed by atoms with E-state index in [1.165, 1.54) is 19.3 Å². The van der Waals surface area contributed by atoms with Gasteiger partial charge >= 0.3 is 0 Å². The van der Waals surface area contributed by atoms with Crippen LogP contribution >= 0.6 is 0 Å². The summed E-state index contributed by atoms with van der Waals surface area (Å²) in [5.74, 6) is 1.51. The van der Waals surface area contributed by atoms with Gasteiger partial charge in [0.2, 0.25) is 0 Å². The molecule has 1 aliphatic rings. The molecule has 3 N–H and O–H groups in total. The molecule has 3 nitrogen and oxygen atoms in total. The van der Waals surface area contributed by atoms with Gasteiger partial charge in [0.15, 0.2) is 0 Å². The lowest BCUT2D eigenvalue weighted by molar-refractivity contribution is 0.185. The molecule has 1 rings (SSSR count). The molecule has 1 fully saturated rings. The monoisotopic (exact) mass is 228 g/mol. The van der Waals surface area contributed by atoms with Crippen LogP contribution in [0.1, 0.15) is 39.5 Å². The molecular weight excluding hydrogens is 200 g/mol. The van der Waals surface area contributed by atoms with E-state index in [4.69, 9.17) is 10.5 Å². The summed E-state index contributed by atoms with van der Waals surface area (Å²) in [7, 11) is 0. The molecular formula is C13H28N2O. The molecule has 0 aliphatic carbocycles. The maximum absolute atomic E-state index is 5.73. The first kappa shape index (κ1) is 13.9. The summed E-state index contributed by atoms with van der Waals surface area (Å²) in [6.45, 7) is 8.57. The van der Waals surface area contributed by atoms with Gasteiger partial charge in [0.1, 0.15) is 0 Å². The van der Waals surface area contributed by atoms with Crippen molar-refractivity contribution in [2.45, 2.75) is 45.6 Å². The molecule has 0 aromatic rings. The zero-order chi connectivity index (χ0) is 11.8. The van der Waals surface area contributed by atoms with Crippen molar-refractivity contribution >= 4 is 0 Å². The first-order valence-electron chi connectivity index (χ1n) is 6.72. The summed E-state index contributed by atoms with van der Waals surface area (Å²) in [6, 6.07) is 0.357. The summed E-state index contributed by atoms with van der Waals surface area (Å²) in [5.41, 5.74) is 5.73. The second-order valence-electron chi connectivity index (χ2n) is 5.40. The predicted octanol–water partition coefficient (Wildman–Crippen LogP) is 1.77. The number of hydrogen-bond donors (Lipinski definition) is 2. The summed E-state index contributed by atoms with van der Waals surface area (Å²) in [6.07, 6.45) is 4.93. The Morgan fingerprint density at radius 1 is 1.38 bits per heavy atom. The van der Waals surface area contributed by atoms with Gasteiger partial charge in [-0.1, -0.05) is 13.3 Å². The molecule has 1 heterocycles. The van der Waals surface area contributed by atoms with Crippen molar-refractivity contribution in [3.05, 3.63) is 0 Å². The minimum Gasteiger partial charge on any atom is -0.381 e. The van der Waals surface area contributed by atoms with Gasteiger partial charge in [-0.3, -0.25) is 0 Å². The zero-order valence-electron chi connectivity index (χ0n) is 10.9. The average Bonchev–Trinajstić information content (AvgIpc) is 2.70. The lowest BCUT2D eigenvalue weighted by Crippen LogP contribution is -2.27. The molecule has 1 saturated heterocycles. The van der Waals surface area contributed by atoms with Crippen molar-refractivity contribution in [3.8, 4) is 0 Å². The molecule has 0 amide bonds. The van der Waals surface area contributed by atoms with E-state index in [0.717, 1.165) is 44.6 Å². The molecule has 0 bridgehead atoms. The van der Waals surface area contributed by atoms with Gasteiger partial charge in [0.05, 0.1) is 6.61 Å². The molecule has 0 spiro atoms. The van der Waals surface area contributed by atoms with Crippen LogP contribution in [-0.2, 0) is 4.74 Å². The van der Waals surface area contributed by atoms with E-state index >= 15 is 0 Å². The third-order valence-electron chi connectivity index (χ3n) is 3.31. The fraction of sp³-hybridized carbons (Fsp3) is 1.00. The molecule has 96 valence electrons. The fourth-order valence-electron chi connectivity index (χ4n) is 2.17. The maximum atomic E-state index is 5.73. The summed E-state index contributed by atoms with van der Waals surface area (Å²) in [4.78, 5) is 0. The lowest BCUT2D eigenvalue weighted by atomic mass is 10.0. The van der Waals surface area contributed by atoms with Gasteiger partial charge in [-0.05, 0) is 44.6 Å². The first-order chi connectivity index (χ1) is 7.68. The van der Waals surface area contributed by atoms with Crippen molar-refractivity contribution in [3.63, 3.8) is 0 Å². The molecule has 16 heavy (non-hydrogen) atoms. The molecule has 3 heteroatoms. The van der Waals surface area contributed by atoms with Crippen molar-refractivity contribution in [2.24, 2.45) is 17.6 Å². The van der Waals surface area contributed by atoms with Crippen LogP contribution in [0.2, 0.25) is 0 Å². The van der Waals surface area contributed by atoms with Crippen LogP contribution in [0.3, 0.4) is 0 Å². The number of rotatable bonds is 8. The van der Waals surface area contributed by atoms with Crippen LogP contribution in [0.5, 0.6) is 0 Å². The number of hydrogen-bond acceptors (Lipinski definition) is 3. The Hall–Kier alpha value is -0.120. The normalized spacial score (nSPS) is 24.6. The Morgan fingerprint density at radius 2 is 2.19 bits per heavy atom. The van der Waals surface area contributed by atoms with E-state index in [2.05, 4.69) is 19.2 Å². The molecule has 0 radical (unpaired) electrons. The van der Waals surface area contributed by atoms with E-state index in [1.807, 2.05) is 0 Å². The Morgan fingerprint density at radius 3 is 2.81 bits per heavy atom. The number of nitrogens with one attached hydrogen (secondary N) is 1. The summed E-state index contributed by atoms with van der Waals surface area (Å²) in [5, 5.41) is 3.55. The Balaban J connectivity index is 1.91. The highest BCUT2D eigenvalue weighted by Crippen LogP contribution is 2.12. The molecule has 1 aliphatic heterocycles. The van der Waals surface area contributed by atoms with Crippen molar-refractivity contribution in [1.29, 1.82) is 0 Å². The number of nitrogens with two attached hydrogens (primary N) is 1. The van der Waals surface area contributed by atoms with Gasteiger partial charge < -0.3 is 15.8 Å². The quantitative estimate of drug-likeness (QED) is 0.665. The van der Waals surface area contributed by atoms with Crippen LogP contribution < -0.4 is 11.1 Å². The van der Waals surface area contributed by atoms with Gasteiger partial charge in [0, 0.05) is 19.2 Å². The third-order valence-corrected chi connectivity index (χ3v) is 3.31. The minimum absolute atomic E-state index is 0.357. The Labute approximate surface area is 100 Å². The van der Waals surface area contributed by atoms with Crippen LogP contribution in [0.15, 0.2) is 0 Å². The molecule has 3 unspecified atom stereocenters. The highest BCUT2D eigenvalue weighted by atomic mass is 16.5. The van der Waals surface area contributed by atoms with Crippen LogP contribution in [-0.4, -0.2) is 32.3 Å². The number of ether oxygens (including phenoxy) is 1. The van der Waals surface area contributed by atoms with Crippen LogP contribution in [0, 0.1) is 11.8 Å². The van der Waals surface area contributed by atoms with E-state index in [0.29, 0.717) is 6.04 Å². The van der Waals surface area contributed by atoms with Gasteiger partial charge in [-0.15, -0.1) is 0 Å². The van der Waals surface area contributed by atoms with E-state index in [-0.39, 0.29) is 0 Å². The Bertz CT molecular complexity index is 167. The average molecular weight is 228 g/mol. The third kappa shape index (κ3) is 6.46. The first-order valence-corrected chi connectivity index (χ1v) is 6.72. The highest BCUT2D eigenvalue weighted by molar-refractivity contribution is 4.68. The molecule has 3 atom stereocenters. The SMILES string of the molecule is CC(N)CCCC(C)CNCC1CCOC1. The van der Waals surface area contributed by atoms with E-state index < -0.39 is 0 Å². The molecule has 0 aromatic heterocycles. The smallest absolute Gasteiger partial charge is 0.0507 e. The molecule has 0 saturated carbocycles. The molecule has 0 aromatic carbocycles. The van der Waals surface area contributed by atoms with Gasteiger partial charge in [-0.2, -0.15) is 0 Å². The minimum atomic E-state index is 0.357. The fourth-order valence-corrected chi connectivity index (χ4v) is 2.17. The second kappa shape index (κ2) is 8.04. The van der Waals surface area contributed by atoms with Gasteiger partial charge in [-0.25, -0.2) is 0 Å². The van der Waals surface area contributed by atoms with Crippen molar-refractivity contribution < 1.29 is 4.74 Å². The lowest BCUT2D eigenvalue weighted by Gasteiger charge is -2.15. The maximum Gasteiger partial charge on any atom is 0.0507 e. The predicted molar refractivity (Wildman–Crippen MR) is 68.5 cm³/mol. The standard InChI is InChI=1S/C13H28N2O/c1-11(4-3-5-12(2)14)8-15-9-13-6-7-16-10-13/h11-13,15H,3-10,14H2,1-2H3. The van der Waals surface area contributed by atoms with Crippen molar-refractivity contribution in [2.75, 3.05) is 26.3 Å². The zero-order valence-corrected chi connectivity index (χ0v) is 10.9.